The quantitative estimate of drug-likeness (QED) is 0.182. The van der Waals surface area contributed by atoms with E-state index in [1.54, 1.807) is 0 Å². The Morgan fingerprint density at radius 3 is 2.15 bits per heavy atom. The van der Waals surface area contributed by atoms with Crippen LogP contribution < -0.4 is 0 Å². The summed E-state index contributed by atoms with van der Waals surface area (Å²) in [6.07, 6.45) is 14.3. The van der Waals surface area contributed by atoms with Crippen molar-refractivity contribution in [3.8, 4) is 35.0 Å². The molecule has 0 aliphatic heterocycles. The Kier molecular flexibility index (Phi) is 7.93. The molecule has 0 bridgehead atoms. The number of rotatable bonds is 5. The van der Waals surface area contributed by atoms with Gasteiger partial charge >= 0.3 is 0 Å². The molecule has 7 aromatic rings. The molecule has 250 valence electrons. The van der Waals surface area contributed by atoms with Crippen molar-refractivity contribution in [2.24, 2.45) is 0 Å². The average molecular weight is 680 g/mol. The molecule has 5 aromatic carbocycles. The predicted octanol–water partition coefficient (Wildman–Crippen LogP) is 11.4. The zero-order valence-electron chi connectivity index (χ0n) is 29.1. The summed E-state index contributed by atoms with van der Waals surface area (Å²) >= 11 is 0. The van der Waals surface area contributed by atoms with Crippen LogP contribution in [-0.4, -0.2) is 9.13 Å². The van der Waals surface area contributed by atoms with E-state index in [-0.39, 0.29) is 0 Å². The topological polar surface area (TPSA) is 81.2 Å². The highest BCUT2D eigenvalue weighted by atomic mass is 15.0. The summed E-state index contributed by atoms with van der Waals surface area (Å²) in [4.78, 5) is 0. The highest BCUT2D eigenvalue weighted by Gasteiger charge is 2.23. The zero-order valence-corrected chi connectivity index (χ0v) is 29.1. The summed E-state index contributed by atoms with van der Waals surface area (Å²) in [6.45, 7) is 0. The fourth-order valence-corrected chi connectivity index (χ4v) is 8.31. The van der Waals surface area contributed by atoms with E-state index in [4.69, 9.17) is 0 Å². The van der Waals surface area contributed by atoms with Gasteiger partial charge in [-0.2, -0.15) is 15.8 Å². The summed E-state index contributed by atoms with van der Waals surface area (Å²) in [6, 6.07) is 44.9. The minimum absolute atomic E-state index is 0.626. The Labute approximate surface area is 308 Å². The van der Waals surface area contributed by atoms with Gasteiger partial charge in [-0.3, -0.25) is 0 Å². The Hall–Kier alpha value is -7.13. The summed E-state index contributed by atoms with van der Waals surface area (Å²) in [5.41, 5.74) is 13.8. The number of para-hydroxylation sites is 2. The molecule has 0 saturated heterocycles. The van der Waals surface area contributed by atoms with Crippen LogP contribution >= 0.6 is 0 Å². The van der Waals surface area contributed by atoms with Gasteiger partial charge in [0, 0.05) is 33.1 Å². The summed E-state index contributed by atoms with van der Waals surface area (Å²) in [5, 5.41) is 33.8. The molecule has 5 nitrogen and oxygen atoms in total. The molecule has 0 fully saturated rings. The Morgan fingerprint density at radius 2 is 1.38 bits per heavy atom. The van der Waals surface area contributed by atoms with Gasteiger partial charge in [-0.05, 0) is 121 Å². The number of hydrogen-bond donors (Lipinski definition) is 0. The van der Waals surface area contributed by atoms with Crippen LogP contribution in [0.15, 0.2) is 145 Å². The minimum Gasteiger partial charge on any atom is -0.310 e. The van der Waals surface area contributed by atoms with E-state index in [0.29, 0.717) is 23.1 Å². The SMILES string of the molecule is N#CC1=C\CCc2c(n(C3=C(Cc4cccc(-c5cccc(-n6c7ccccc7c7ccccc76)c5)c4C#N)CCC=C3)c3ccc(C#N)cc23)/C=C\1. The maximum atomic E-state index is 10.8. The second kappa shape index (κ2) is 13.2. The van der Waals surface area contributed by atoms with Gasteiger partial charge in [-0.15, -0.1) is 0 Å². The number of allylic oxidation sites excluding steroid dienone is 7. The Bertz CT molecular complexity index is 2850. The molecule has 0 spiro atoms. The van der Waals surface area contributed by atoms with E-state index in [9.17, 15) is 15.8 Å². The number of fused-ring (bicyclic) bond motifs is 6. The van der Waals surface area contributed by atoms with Crippen molar-refractivity contribution in [1.82, 2.24) is 9.13 Å². The van der Waals surface area contributed by atoms with Crippen LogP contribution in [0.4, 0.5) is 0 Å². The van der Waals surface area contributed by atoms with Crippen molar-refractivity contribution in [1.29, 1.82) is 15.8 Å². The number of hydrogen-bond acceptors (Lipinski definition) is 3. The van der Waals surface area contributed by atoms with Crippen LogP contribution in [-0.2, 0) is 12.8 Å². The Balaban J connectivity index is 1.17. The van der Waals surface area contributed by atoms with Gasteiger partial charge in [0.2, 0.25) is 0 Å². The van der Waals surface area contributed by atoms with Gasteiger partial charge in [0.25, 0.3) is 0 Å². The lowest BCUT2D eigenvalue weighted by Gasteiger charge is -2.21. The maximum absolute atomic E-state index is 10.8. The molecule has 0 N–H and O–H groups in total. The summed E-state index contributed by atoms with van der Waals surface area (Å²) in [7, 11) is 0. The minimum atomic E-state index is 0.626. The highest BCUT2D eigenvalue weighted by molar-refractivity contribution is 6.09. The van der Waals surface area contributed by atoms with Gasteiger partial charge in [0.05, 0.1) is 45.5 Å². The van der Waals surface area contributed by atoms with Crippen LogP contribution in [0.5, 0.6) is 0 Å². The summed E-state index contributed by atoms with van der Waals surface area (Å²) < 4.78 is 4.62. The molecule has 0 saturated carbocycles. The lowest BCUT2D eigenvalue weighted by Crippen LogP contribution is -2.08. The zero-order chi connectivity index (χ0) is 35.9. The molecule has 2 aromatic heterocycles. The van der Waals surface area contributed by atoms with E-state index in [2.05, 4.69) is 130 Å². The smallest absolute Gasteiger partial charge is 0.100 e. The van der Waals surface area contributed by atoms with Crippen LogP contribution in [0.3, 0.4) is 0 Å². The van der Waals surface area contributed by atoms with Crippen LogP contribution in [0, 0.1) is 34.0 Å². The van der Waals surface area contributed by atoms with E-state index in [1.807, 2.05) is 36.4 Å². The number of nitriles is 3. The normalized spacial score (nSPS) is 15.6. The number of aromatic nitrogens is 2. The fraction of sp³-hybridized carbons (Fsp3) is 0.104. The third-order valence-electron chi connectivity index (χ3n) is 10.7. The van der Waals surface area contributed by atoms with Crippen molar-refractivity contribution >= 4 is 44.5 Å². The average Bonchev–Trinajstić information content (AvgIpc) is 3.69. The molecular formula is C48H33N5. The third kappa shape index (κ3) is 5.37. The van der Waals surface area contributed by atoms with Crippen LogP contribution in [0.25, 0.3) is 61.3 Å². The lowest BCUT2D eigenvalue weighted by molar-refractivity contribution is 0.891. The molecule has 2 heterocycles. The van der Waals surface area contributed by atoms with Crippen molar-refractivity contribution in [3.05, 3.63) is 173 Å². The van der Waals surface area contributed by atoms with Gasteiger partial charge in [-0.1, -0.05) is 78.9 Å². The molecule has 9 rings (SSSR count). The number of aryl methyl sites for hydroxylation is 1. The van der Waals surface area contributed by atoms with Crippen molar-refractivity contribution < 1.29 is 0 Å². The van der Waals surface area contributed by atoms with Gasteiger partial charge < -0.3 is 9.13 Å². The molecule has 2 aliphatic carbocycles. The first-order chi connectivity index (χ1) is 26.2. The van der Waals surface area contributed by atoms with E-state index >= 15 is 0 Å². The third-order valence-corrected chi connectivity index (χ3v) is 10.7. The predicted molar refractivity (Wildman–Crippen MR) is 214 cm³/mol. The molecule has 0 radical (unpaired) electrons. The maximum Gasteiger partial charge on any atom is 0.100 e. The molecule has 2 aliphatic rings. The molecular weight excluding hydrogens is 647 g/mol. The van der Waals surface area contributed by atoms with Crippen molar-refractivity contribution in [3.63, 3.8) is 0 Å². The van der Waals surface area contributed by atoms with Gasteiger partial charge in [-0.25, -0.2) is 0 Å². The first kappa shape index (κ1) is 31.8. The monoisotopic (exact) mass is 679 g/mol. The summed E-state index contributed by atoms with van der Waals surface area (Å²) in [5.74, 6) is 0. The molecule has 0 unspecified atom stereocenters. The van der Waals surface area contributed by atoms with Gasteiger partial charge in [0.15, 0.2) is 0 Å². The van der Waals surface area contributed by atoms with Crippen molar-refractivity contribution in [2.75, 3.05) is 0 Å². The number of benzene rings is 5. The second-order valence-electron chi connectivity index (χ2n) is 13.7. The highest BCUT2D eigenvalue weighted by Crippen LogP contribution is 2.39. The van der Waals surface area contributed by atoms with E-state index in [1.165, 1.54) is 21.9 Å². The first-order valence-electron chi connectivity index (χ1n) is 18.0. The van der Waals surface area contributed by atoms with Crippen LogP contribution in [0.1, 0.15) is 47.2 Å². The first-order valence-corrected chi connectivity index (χ1v) is 18.0. The Morgan fingerprint density at radius 1 is 0.604 bits per heavy atom. The molecule has 5 heteroatoms. The van der Waals surface area contributed by atoms with Crippen LogP contribution in [0.2, 0.25) is 0 Å². The largest absolute Gasteiger partial charge is 0.310 e. The second-order valence-corrected chi connectivity index (χ2v) is 13.7. The molecule has 53 heavy (non-hydrogen) atoms. The molecule has 0 atom stereocenters. The number of nitrogens with zero attached hydrogens (tertiary/aromatic N) is 5. The van der Waals surface area contributed by atoms with Gasteiger partial charge in [0.1, 0.15) is 6.07 Å². The van der Waals surface area contributed by atoms with Crippen molar-refractivity contribution in [2.45, 2.75) is 32.1 Å². The molecule has 0 amide bonds. The lowest BCUT2D eigenvalue weighted by atomic mass is 9.89. The van der Waals surface area contributed by atoms with E-state index < -0.39 is 0 Å². The standard InChI is InChI=1S/C48H33N5/c49-29-32-10-7-18-41-42-26-33(30-50)23-25-48(42)53(47(41)24-22-32)44-19-4-1-11-36(44)27-34-13-9-17-38(43(34)31-51)35-12-8-14-37(28-35)52-45-20-5-2-15-39(45)40-16-3-6-21-46(40)52/h2-6,8-10,12-17,19-26,28H,1,7,11,18,27H2/b24-22-,32-10-. The van der Waals surface area contributed by atoms with E-state index in [0.717, 1.165) is 81.4 Å². The fourth-order valence-electron chi connectivity index (χ4n) is 8.31.